The lowest BCUT2D eigenvalue weighted by molar-refractivity contribution is 0.283. The Morgan fingerprint density at radius 1 is 1.56 bits per heavy atom. The van der Waals surface area contributed by atoms with Crippen molar-refractivity contribution in [3.8, 4) is 0 Å². The fourth-order valence-electron chi connectivity index (χ4n) is 2.06. The molecule has 0 spiro atoms. The SMILES string of the molecule is CNc1cc(N(CCO)C2CCC2)ccn1. The normalized spacial score (nSPS) is 15.6. The van der Waals surface area contributed by atoms with Crippen LogP contribution in [-0.2, 0) is 0 Å². The van der Waals surface area contributed by atoms with Gasteiger partial charge in [0.05, 0.1) is 6.61 Å². The summed E-state index contributed by atoms with van der Waals surface area (Å²) in [5.74, 6) is 0.875. The number of aromatic nitrogens is 1. The van der Waals surface area contributed by atoms with Crippen LogP contribution in [0.2, 0.25) is 0 Å². The number of nitrogens with zero attached hydrogens (tertiary/aromatic N) is 2. The molecule has 1 aromatic heterocycles. The van der Waals surface area contributed by atoms with Crippen LogP contribution in [0.3, 0.4) is 0 Å². The van der Waals surface area contributed by atoms with Gasteiger partial charge in [0.1, 0.15) is 5.82 Å². The third-order valence-corrected chi connectivity index (χ3v) is 3.19. The smallest absolute Gasteiger partial charge is 0.127 e. The quantitative estimate of drug-likeness (QED) is 0.790. The first-order valence-corrected chi connectivity index (χ1v) is 5.86. The van der Waals surface area contributed by atoms with Gasteiger partial charge in [0.25, 0.3) is 0 Å². The van der Waals surface area contributed by atoms with Gasteiger partial charge in [-0.3, -0.25) is 0 Å². The van der Waals surface area contributed by atoms with Crippen molar-refractivity contribution in [3.63, 3.8) is 0 Å². The zero-order valence-electron chi connectivity index (χ0n) is 9.69. The maximum atomic E-state index is 9.12. The molecule has 0 amide bonds. The summed E-state index contributed by atoms with van der Waals surface area (Å²) in [4.78, 5) is 6.49. The van der Waals surface area contributed by atoms with E-state index in [1.165, 1.54) is 19.3 Å². The highest BCUT2D eigenvalue weighted by Gasteiger charge is 2.24. The highest BCUT2D eigenvalue weighted by Crippen LogP contribution is 2.29. The van der Waals surface area contributed by atoms with E-state index < -0.39 is 0 Å². The molecule has 88 valence electrons. The molecule has 16 heavy (non-hydrogen) atoms. The molecule has 0 aliphatic heterocycles. The summed E-state index contributed by atoms with van der Waals surface area (Å²) in [5, 5.41) is 12.2. The molecule has 2 rings (SSSR count). The van der Waals surface area contributed by atoms with Gasteiger partial charge >= 0.3 is 0 Å². The molecular formula is C12H19N3O. The van der Waals surface area contributed by atoms with Gasteiger partial charge in [-0.25, -0.2) is 4.98 Å². The Balaban J connectivity index is 2.16. The van der Waals surface area contributed by atoms with Crippen molar-refractivity contribution in [2.45, 2.75) is 25.3 Å². The zero-order valence-corrected chi connectivity index (χ0v) is 9.69. The fourth-order valence-corrected chi connectivity index (χ4v) is 2.06. The number of pyridine rings is 1. The molecular weight excluding hydrogens is 202 g/mol. The van der Waals surface area contributed by atoms with Crippen molar-refractivity contribution in [3.05, 3.63) is 18.3 Å². The Morgan fingerprint density at radius 2 is 2.38 bits per heavy atom. The Kier molecular flexibility index (Phi) is 3.62. The summed E-state index contributed by atoms with van der Waals surface area (Å²) in [7, 11) is 1.87. The van der Waals surface area contributed by atoms with Crippen LogP contribution in [0.1, 0.15) is 19.3 Å². The first kappa shape index (κ1) is 11.2. The minimum Gasteiger partial charge on any atom is -0.395 e. The molecule has 4 heteroatoms. The van der Waals surface area contributed by atoms with E-state index in [4.69, 9.17) is 5.11 Å². The topological polar surface area (TPSA) is 48.4 Å². The van der Waals surface area contributed by atoms with E-state index in [2.05, 4.69) is 15.2 Å². The second-order valence-corrected chi connectivity index (χ2v) is 4.15. The standard InChI is InChI=1S/C12H19N3O/c1-13-12-9-11(5-6-14-12)15(7-8-16)10-3-2-4-10/h5-6,9-10,16H,2-4,7-8H2,1H3,(H,13,14). The van der Waals surface area contributed by atoms with Crippen molar-refractivity contribution in [2.24, 2.45) is 0 Å². The van der Waals surface area contributed by atoms with Gasteiger partial charge < -0.3 is 15.3 Å². The number of rotatable bonds is 5. The van der Waals surface area contributed by atoms with E-state index in [0.717, 1.165) is 11.5 Å². The molecule has 1 heterocycles. The fraction of sp³-hybridized carbons (Fsp3) is 0.583. The highest BCUT2D eigenvalue weighted by molar-refractivity contribution is 5.54. The van der Waals surface area contributed by atoms with Gasteiger partial charge in [-0.2, -0.15) is 0 Å². The molecule has 1 fully saturated rings. The molecule has 4 nitrogen and oxygen atoms in total. The van der Waals surface area contributed by atoms with Crippen LogP contribution in [0.5, 0.6) is 0 Å². The summed E-state index contributed by atoms with van der Waals surface area (Å²) in [6.45, 7) is 0.908. The molecule has 1 aliphatic rings. The van der Waals surface area contributed by atoms with Gasteiger partial charge in [-0.15, -0.1) is 0 Å². The van der Waals surface area contributed by atoms with Crippen LogP contribution in [0.15, 0.2) is 18.3 Å². The van der Waals surface area contributed by atoms with Gasteiger partial charge in [-0.05, 0) is 25.3 Å². The van der Waals surface area contributed by atoms with E-state index in [-0.39, 0.29) is 6.61 Å². The van der Waals surface area contributed by atoms with Crippen molar-refractivity contribution in [2.75, 3.05) is 30.4 Å². The van der Waals surface area contributed by atoms with Crippen LogP contribution >= 0.6 is 0 Å². The lowest BCUT2D eigenvalue weighted by atomic mass is 9.91. The third-order valence-electron chi connectivity index (χ3n) is 3.19. The first-order chi connectivity index (χ1) is 7.85. The van der Waals surface area contributed by atoms with Crippen molar-refractivity contribution in [1.82, 2.24) is 4.98 Å². The molecule has 2 N–H and O–H groups in total. The molecule has 1 saturated carbocycles. The zero-order chi connectivity index (χ0) is 11.4. The summed E-state index contributed by atoms with van der Waals surface area (Å²) < 4.78 is 0. The highest BCUT2D eigenvalue weighted by atomic mass is 16.3. The van der Waals surface area contributed by atoms with Gasteiger partial charge in [-0.1, -0.05) is 0 Å². The molecule has 0 unspecified atom stereocenters. The largest absolute Gasteiger partial charge is 0.395 e. The Morgan fingerprint density at radius 3 is 2.94 bits per heavy atom. The van der Waals surface area contributed by atoms with Crippen LogP contribution < -0.4 is 10.2 Å². The maximum absolute atomic E-state index is 9.12. The Hall–Kier alpha value is -1.29. The molecule has 0 saturated heterocycles. The molecule has 1 aromatic rings. The van der Waals surface area contributed by atoms with Crippen LogP contribution in [-0.4, -0.2) is 36.3 Å². The van der Waals surface area contributed by atoms with E-state index in [1.54, 1.807) is 0 Å². The third kappa shape index (κ3) is 2.27. The van der Waals surface area contributed by atoms with E-state index in [1.807, 2.05) is 25.4 Å². The number of nitrogens with one attached hydrogen (secondary N) is 1. The van der Waals surface area contributed by atoms with E-state index >= 15 is 0 Å². The van der Waals surface area contributed by atoms with E-state index in [9.17, 15) is 0 Å². The van der Waals surface area contributed by atoms with Gasteiger partial charge in [0.2, 0.25) is 0 Å². The van der Waals surface area contributed by atoms with Gasteiger partial charge in [0.15, 0.2) is 0 Å². The minimum absolute atomic E-state index is 0.202. The van der Waals surface area contributed by atoms with Crippen LogP contribution in [0.4, 0.5) is 11.5 Å². The number of aliphatic hydroxyl groups excluding tert-OH is 1. The predicted octanol–water partition coefficient (Wildman–Crippen LogP) is 1.47. The predicted molar refractivity (Wildman–Crippen MR) is 65.9 cm³/mol. The second-order valence-electron chi connectivity index (χ2n) is 4.15. The molecule has 1 aliphatic carbocycles. The van der Waals surface area contributed by atoms with Gasteiger partial charge in [0, 0.05) is 37.6 Å². The number of hydrogen-bond donors (Lipinski definition) is 2. The molecule has 0 bridgehead atoms. The van der Waals surface area contributed by atoms with Crippen LogP contribution in [0, 0.1) is 0 Å². The summed E-state index contributed by atoms with van der Waals surface area (Å²) in [6, 6.07) is 4.64. The summed E-state index contributed by atoms with van der Waals surface area (Å²) in [5.41, 5.74) is 1.15. The van der Waals surface area contributed by atoms with Crippen LogP contribution in [0.25, 0.3) is 0 Å². The number of hydrogen-bond acceptors (Lipinski definition) is 4. The maximum Gasteiger partial charge on any atom is 0.127 e. The molecule has 0 aromatic carbocycles. The van der Waals surface area contributed by atoms with Crippen molar-refractivity contribution in [1.29, 1.82) is 0 Å². The Bertz CT molecular complexity index is 339. The first-order valence-electron chi connectivity index (χ1n) is 5.86. The molecule has 0 atom stereocenters. The summed E-state index contributed by atoms with van der Waals surface area (Å²) >= 11 is 0. The average molecular weight is 221 g/mol. The minimum atomic E-state index is 0.202. The lowest BCUT2D eigenvalue weighted by Crippen LogP contribution is -2.42. The summed E-state index contributed by atoms with van der Waals surface area (Å²) in [6.07, 6.45) is 5.58. The second kappa shape index (κ2) is 5.16. The average Bonchev–Trinajstić information content (AvgIpc) is 2.26. The lowest BCUT2D eigenvalue weighted by Gasteiger charge is -2.39. The van der Waals surface area contributed by atoms with Crippen molar-refractivity contribution >= 4 is 11.5 Å². The van der Waals surface area contributed by atoms with Crippen molar-refractivity contribution < 1.29 is 5.11 Å². The number of anilines is 2. The Labute approximate surface area is 96.3 Å². The number of aliphatic hydroxyl groups is 1. The van der Waals surface area contributed by atoms with E-state index in [0.29, 0.717) is 12.6 Å². The molecule has 0 radical (unpaired) electrons. The monoisotopic (exact) mass is 221 g/mol.